The number of hydrogen-bond donors (Lipinski definition) is 0. The zero-order chi connectivity index (χ0) is 13.1. The molecule has 0 saturated heterocycles. The van der Waals surface area contributed by atoms with Crippen molar-refractivity contribution < 1.29 is 4.74 Å². The molecule has 0 unspecified atom stereocenters. The second-order valence-electron chi connectivity index (χ2n) is 3.43. The number of rotatable bonds is 2. The van der Waals surface area contributed by atoms with Crippen molar-refractivity contribution in [2.45, 2.75) is 0 Å². The van der Waals surface area contributed by atoms with Crippen LogP contribution in [-0.4, -0.2) is 0 Å². The average molecular weight is 387 g/mol. The highest BCUT2D eigenvalue weighted by molar-refractivity contribution is 9.10. The number of nitrogens with zero attached hydrogens (tertiary/aromatic N) is 1. The highest BCUT2D eigenvalue weighted by Gasteiger charge is 2.08. The van der Waals surface area contributed by atoms with E-state index in [4.69, 9.17) is 21.6 Å². The van der Waals surface area contributed by atoms with Crippen molar-refractivity contribution in [1.82, 2.24) is 0 Å². The average Bonchev–Trinajstić information content (AvgIpc) is 2.34. The van der Waals surface area contributed by atoms with Crippen LogP contribution in [-0.2, 0) is 0 Å². The summed E-state index contributed by atoms with van der Waals surface area (Å²) in [5, 5.41) is 9.67. The summed E-state index contributed by atoms with van der Waals surface area (Å²) < 4.78 is 7.26. The van der Waals surface area contributed by atoms with Crippen molar-refractivity contribution in [3.05, 3.63) is 55.9 Å². The number of halogens is 3. The van der Waals surface area contributed by atoms with Gasteiger partial charge in [-0.2, -0.15) is 5.26 Å². The molecule has 18 heavy (non-hydrogen) atoms. The van der Waals surface area contributed by atoms with Crippen LogP contribution in [0.2, 0.25) is 5.02 Å². The van der Waals surface area contributed by atoms with Gasteiger partial charge in [-0.05, 0) is 52.3 Å². The topological polar surface area (TPSA) is 33.0 Å². The van der Waals surface area contributed by atoms with Crippen molar-refractivity contribution in [1.29, 1.82) is 5.26 Å². The Labute approximate surface area is 126 Å². The van der Waals surface area contributed by atoms with Crippen LogP contribution in [0.3, 0.4) is 0 Å². The number of nitriles is 1. The fourth-order valence-electron chi connectivity index (χ4n) is 1.36. The van der Waals surface area contributed by atoms with Gasteiger partial charge >= 0.3 is 0 Å². The van der Waals surface area contributed by atoms with Gasteiger partial charge in [0, 0.05) is 9.50 Å². The van der Waals surface area contributed by atoms with Crippen LogP contribution in [0.4, 0.5) is 0 Å². The molecule has 0 amide bonds. The van der Waals surface area contributed by atoms with Crippen molar-refractivity contribution >= 4 is 43.5 Å². The molecular weight excluding hydrogens is 381 g/mol. The first-order valence-corrected chi connectivity index (χ1v) is 6.89. The quantitative estimate of drug-likeness (QED) is 0.679. The van der Waals surface area contributed by atoms with E-state index in [0.29, 0.717) is 22.1 Å². The standard InChI is InChI=1S/C13H6Br2ClNO/c14-9-1-3-12(8(5-9)7-17)18-13-4-2-10(16)6-11(13)15/h1-6H. The van der Waals surface area contributed by atoms with Crippen LogP contribution in [0.15, 0.2) is 45.3 Å². The second kappa shape index (κ2) is 5.75. The molecule has 2 nitrogen and oxygen atoms in total. The molecule has 0 bridgehead atoms. The third-order valence-electron chi connectivity index (χ3n) is 2.18. The molecular formula is C13H6Br2ClNO. The smallest absolute Gasteiger partial charge is 0.145 e. The molecule has 0 aliphatic rings. The molecule has 5 heteroatoms. The van der Waals surface area contributed by atoms with E-state index >= 15 is 0 Å². The van der Waals surface area contributed by atoms with Gasteiger partial charge in [-0.15, -0.1) is 0 Å². The Hall–Kier alpha value is -1.02. The molecule has 0 heterocycles. The largest absolute Gasteiger partial charge is 0.455 e. The Balaban J connectivity index is 2.37. The Morgan fingerprint density at radius 3 is 2.44 bits per heavy atom. The molecule has 0 fully saturated rings. The summed E-state index contributed by atoms with van der Waals surface area (Å²) in [4.78, 5) is 0. The predicted octanol–water partition coefficient (Wildman–Crippen LogP) is 5.53. The molecule has 90 valence electrons. The van der Waals surface area contributed by atoms with Crippen LogP contribution < -0.4 is 4.74 Å². The minimum absolute atomic E-state index is 0.464. The first-order valence-electron chi connectivity index (χ1n) is 4.92. The van der Waals surface area contributed by atoms with Gasteiger partial charge in [0.15, 0.2) is 0 Å². The maximum Gasteiger partial charge on any atom is 0.145 e. The van der Waals surface area contributed by atoms with Crippen LogP contribution in [0.5, 0.6) is 11.5 Å². The predicted molar refractivity (Wildman–Crippen MR) is 78.1 cm³/mol. The van der Waals surface area contributed by atoms with Gasteiger partial charge in [0.05, 0.1) is 10.0 Å². The lowest BCUT2D eigenvalue weighted by Crippen LogP contribution is -1.89. The molecule has 0 aromatic heterocycles. The lowest BCUT2D eigenvalue weighted by molar-refractivity contribution is 0.478. The fourth-order valence-corrected chi connectivity index (χ4v) is 2.48. The highest BCUT2D eigenvalue weighted by Crippen LogP contribution is 2.33. The molecule has 0 N–H and O–H groups in total. The van der Waals surface area contributed by atoms with Gasteiger partial charge in [0.25, 0.3) is 0 Å². The molecule has 0 aliphatic heterocycles. The summed E-state index contributed by atoms with van der Waals surface area (Å²) in [6, 6.07) is 12.6. The van der Waals surface area contributed by atoms with E-state index in [2.05, 4.69) is 37.9 Å². The molecule has 2 rings (SSSR count). The Morgan fingerprint density at radius 1 is 1.06 bits per heavy atom. The van der Waals surface area contributed by atoms with Gasteiger partial charge < -0.3 is 4.74 Å². The van der Waals surface area contributed by atoms with Crippen LogP contribution in [0.25, 0.3) is 0 Å². The fraction of sp³-hybridized carbons (Fsp3) is 0. The maximum atomic E-state index is 9.05. The van der Waals surface area contributed by atoms with Gasteiger partial charge in [0.2, 0.25) is 0 Å². The summed E-state index contributed by atoms with van der Waals surface area (Å²) in [6.45, 7) is 0. The van der Waals surface area contributed by atoms with Crippen LogP contribution in [0, 0.1) is 11.3 Å². The molecule has 0 saturated carbocycles. The third-order valence-corrected chi connectivity index (χ3v) is 3.52. The molecule has 2 aromatic carbocycles. The lowest BCUT2D eigenvalue weighted by Gasteiger charge is -2.09. The van der Waals surface area contributed by atoms with E-state index in [1.54, 1.807) is 30.3 Å². The van der Waals surface area contributed by atoms with E-state index in [-0.39, 0.29) is 0 Å². The SMILES string of the molecule is N#Cc1cc(Br)ccc1Oc1ccc(Cl)cc1Br. The molecule has 0 spiro atoms. The van der Waals surface area contributed by atoms with Gasteiger partial charge in [-0.1, -0.05) is 27.5 Å². The van der Waals surface area contributed by atoms with Crippen molar-refractivity contribution in [2.75, 3.05) is 0 Å². The number of ether oxygens (including phenoxy) is 1. The molecule has 0 aliphatic carbocycles. The van der Waals surface area contributed by atoms with Crippen molar-refractivity contribution in [3.8, 4) is 17.6 Å². The summed E-state index contributed by atoms with van der Waals surface area (Å²) in [5.74, 6) is 1.11. The Kier molecular flexibility index (Phi) is 4.28. The summed E-state index contributed by atoms with van der Waals surface area (Å²) in [5.41, 5.74) is 0.464. The van der Waals surface area contributed by atoms with E-state index in [1.807, 2.05) is 6.07 Å². The number of hydrogen-bond acceptors (Lipinski definition) is 2. The maximum absolute atomic E-state index is 9.05. The molecule has 0 radical (unpaired) electrons. The molecule has 0 atom stereocenters. The minimum atomic E-state index is 0.464. The lowest BCUT2D eigenvalue weighted by atomic mass is 10.2. The van der Waals surface area contributed by atoms with E-state index < -0.39 is 0 Å². The van der Waals surface area contributed by atoms with E-state index in [1.165, 1.54) is 0 Å². The van der Waals surface area contributed by atoms with Gasteiger partial charge in [0.1, 0.15) is 17.6 Å². The number of benzene rings is 2. The van der Waals surface area contributed by atoms with Crippen molar-refractivity contribution in [3.63, 3.8) is 0 Å². The van der Waals surface area contributed by atoms with Crippen LogP contribution in [0.1, 0.15) is 5.56 Å². The normalized spacial score (nSPS) is 9.89. The Bertz CT molecular complexity index is 637. The van der Waals surface area contributed by atoms with Gasteiger partial charge in [-0.25, -0.2) is 0 Å². The zero-order valence-corrected chi connectivity index (χ0v) is 12.9. The third kappa shape index (κ3) is 3.05. The summed E-state index contributed by atoms with van der Waals surface area (Å²) in [7, 11) is 0. The minimum Gasteiger partial charge on any atom is -0.455 e. The van der Waals surface area contributed by atoms with Crippen LogP contribution >= 0.6 is 43.5 Å². The molecule has 2 aromatic rings. The summed E-state index contributed by atoms with van der Waals surface area (Å²) in [6.07, 6.45) is 0. The van der Waals surface area contributed by atoms with E-state index in [9.17, 15) is 0 Å². The first kappa shape index (κ1) is 13.4. The zero-order valence-electron chi connectivity index (χ0n) is 8.95. The monoisotopic (exact) mass is 385 g/mol. The van der Waals surface area contributed by atoms with E-state index in [0.717, 1.165) is 8.95 Å². The van der Waals surface area contributed by atoms with Crippen molar-refractivity contribution in [2.24, 2.45) is 0 Å². The first-order chi connectivity index (χ1) is 8.60. The highest BCUT2D eigenvalue weighted by atomic mass is 79.9. The van der Waals surface area contributed by atoms with Gasteiger partial charge in [-0.3, -0.25) is 0 Å². The Morgan fingerprint density at radius 2 is 1.78 bits per heavy atom. The second-order valence-corrected chi connectivity index (χ2v) is 5.64. The summed E-state index contributed by atoms with van der Waals surface area (Å²) >= 11 is 12.5.